The molecule has 0 aromatic heterocycles. The van der Waals surface area contributed by atoms with E-state index in [1.165, 1.54) is 12.0 Å². The third-order valence-corrected chi connectivity index (χ3v) is 8.10. The van der Waals surface area contributed by atoms with E-state index in [4.69, 9.17) is 4.74 Å². The zero-order valence-corrected chi connectivity index (χ0v) is 19.4. The van der Waals surface area contributed by atoms with Crippen molar-refractivity contribution in [3.8, 4) is 5.75 Å². The van der Waals surface area contributed by atoms with Crippen molar-refractivity contribution in [2.75, 3.05) is 30.9 Å². The van der Waals surface area contributed by atoms with Gasteiger partial charge in [0.05, 0.1) is 19.4 Å². The summed E-state index contributed by atoms with van der Waals surface area (Å²) in [5.74, 6) is -0.256. The molecule has 0 bridgehead atoms. The van der Waals surface area contributed by atoms with E-state index in [0.29, 0.717) is 17.9 Å². The molecule has 2 amide bonds. The molecule has 1 heterocycles. The minimum absolute atomic E-state index is 0.0444. The van der Waals surface area contributed by atoms with Gasteiger partial charge in [-0.25, -0.2) is 8.42 Å². The Morgan fingerprint density at radius 2 is 1.97 bits per heavy atom. The van der Waals surface area contributed by atoms with Crippen LogP contribution >= 0.6 is 0 Å². The van der Waals surface area contributed by atoms with Crippen LogP contribution in [0.2, 0.25) is 0 Å². The van der Waals surface area contributed by atoms with Crippen LogP contribution in [-0.4, -0.2) is 62.1 Å². The van der Waals surface area contributed by atoms with E-state index in [-0.39, 0.29) is 30.8 Å². The second-order valence-electron chi connectivity index (χ2n) is 8.60. The molecular weight excluding hydrogens is 418 g/mol. The highest BCUT2D eigenvalue weighted by Crippen LogP contribution is 2.33. The normalized spacial score (nSPS) is 23.6. The van der Waals surface area contributed by atoms with Crippen LogP contribution in [0, 0.1) is 0 Å². The lowest BCUT2D eigenvalue weighted by Gasteiger charge is -2.47. The summed E-state index contributed by atoms with van der Waals surface area (Å²) in [6.07, 6.45) is 5.49. The van der Waals surface area contributed by atoms with Crippen molar-refractivity contribution in [3.05, 3.63) is 24.3 Å². The molecule has 0 radical (unpaired) electrons. The Hall–Kier alpha value is -2.13. The number of ether oxygens (including phenoxy) is 1. The van der Waals surface area contributed by atoms with Crippen LogP contribution in [0.15, 0.2) is 24.3 Å². The van der Waals surface area contributed by atoms with Crippen molar-refractivity contribution in [2.45, 2.75) is 64.0 Å². The fourth-order valence-corrected chi connectivity index (χ4v) is 6.02. The first kappa shape index (κ1) is 23.5. The van der Waals surface area contributed by atoms with E-state index in [0.717, 1.165) is 36.4 Å². The molecule has 31 heavy (non-hydrogen) atoms. The van der Waals surface area contributed by atoms with E-state index >= 15 is 0 Å². The Bertz CT molecular complexity index is 913. The molecule has 1 aliphatic heterocycles. The number of nitrogens with one attached hydrogen (secondary N) is 1. The first-order valence-corrected chi connectivity index (χ1v) is 12.6. The molecule has 1 atom stereocenters. The zero-order valence-electron chi connectivity index (χ0n) is 18.6. The van der Waals surface area contributed by atoms with Crippen LogP contribution in [0.4, 0.5) is 5.69 Å². The van der Waals surface area contributed by atoms with Crippen LogP contribution < -0.4 is 15.0 Å². The summed E-state index contributed by atoms with van der Waals surface area (Å²) in [6, 6.07) is 6.99. The molecule has 172 valence electrons. The molecule has 1 saturated carbocycles. The van der Waals surface area contributed by atoms with Gasteiger partial charge in [0.2, 0.25) is 21.8 Å². The number of rotatable bonds is 7. The van der Waals surface area contributed by atoms with Crippen LogP contribution in [0.1, 0.15) is 52.4 Å². The average Bonchev–Trinajstić information content (AvgIpc) is 2.74. The summed E-state index contributed by atoms with van der Waals surface area (Å²) in [7, 11) is -2.11. The lowest BCUT2D eigenvalue weighted by atomic mass is 9.91. The maximum Gasteiger partial charge on any atom is 0.247 e. The van der Waals surface area contributed by atoms with Crippen LogP contribution in [-0.2, 0) is 19.6 Å². The number of benzene rings is 1. The molecule has 9 heteroatoms. The molecule has 3 rings (SSSR count). The van der Waals surface area contributed by atoms with E-state index in [1.807, 2.05) is 0 Å². The van der Waals surface area contributed by atoms with Crippen LogP contribution in [0.25, 0.3) is 0 Å². The molecule has 1 aromatic carbocycles. The Kier molecular flexibility index (Phi) is 7.26. The van der Waals surface area contributed by atoms with Gasteiger partial charge in [0, 0.05) is 24.3 Å². The smallest absolute Gasteiger partial charge is 0.247 e. The summed E-state index contributed by atoms with van der Waals surface area (Å²) in [6.45, 7) is 3.06. The quantitative estimate of drug-likeness (QED) is 0.686. The van der Waals surface area contributed by atoms with E-state index in [1.54, 1.807) is 38.1 Å². The van der Waals surface area contributed by atoms with E-state index < -0.39 is 21.5 Å². The maximum atomic E-state index is 13.5. The van der Waals surface area contributed by atoms with Crippen molar-refractivity contribution in [3.63, 3.8) is 0 Å². The van der Waals surface area contributed by atoms with Gasteiger partial charge in [0.15, 0.2) is 0 Å². The molecular formula is C22H33N3O5S. The van der Waals surface area contributed by atoms with Gasteiger partial charge in [-0.15, -0.1) is 0 Å². The molecule has 8 nitrogen and oxygen atoms in total. The fraction of sp³-hybridized carbons (Fsp3) is 0.636. The standard InChI is InChI=1S/C22H33N3O5S/c1-4-13-31(28,29)24-15-20(26)25(18-11-8-12-19(14-18)30-3)22(2,16-24)21(27)23-17-9-6-5-7-10-17/h8,11-12,14,17H,4-7,9-10,13,15-16H2,1-3H3,(H,23,27)/t22-/m0/s1. The van der Waals surface area contributed by atoms with Gasteiger partial charge >= 0.3 is 0 Å². The number of amides is 2. The van der Waals surface area contributed by atoms with Gasteiger partial charge in [-0.3, -0.25) is 14.5 Å². The zero-order chi connectivity index (χ0) is 22.6. The number of nitrogens with zero attached hydrogens (tertiary/aromatic N) is 2. The third kappa shape index (κ3) is 5.03. The van der Waals surface area contributed by atoms with Crippen molar-refractivity contribution in [2.24, 2.45) is 0 Å². The second-order valence-corrected chi connectivity index (χ2v) is 10.7. The van der Waals surface area contributed by atoms with Gasteiger partial charge in [0.25, 0.3) is 0 Å². The topological polar surface area (TPSA) is 96.0 Å². The molecule has 2 aliphatic rings. The number of sulfonamides is 1. The van der Waals surface area contributed by atoms with Crippen molar-refractivity contribution in [1.82, 2.24) is 9.62 Å². The van der Waals surface area contributed by atoms with Gasteiger partial charge in [0.1, 0.15) is 11.3 Å². The molecule has 0 spiro atoms. The summed E-state index contributed by atoms with van der Waals surface area (Å²) in [5.41, 5.74) is -0.863. The number of carbonyl (C=O) groups is 2. The number of anilines is 1. The van der Waals surface area contributed by atoms with Crippen molar-refractivity contribution < 1.29 is 22.7 Å². The molecule has 2 fully saturated rings. The predicted molar refractivity (Wildman–Crippen MR) is 120 cm³/mol. The minimum atomic E-state index is -3.64. The Labute approximate surface area is 185 Å². The largest absolute Gasteiger partial charge is 0.497 e. The lowest BCUT2D eigenvalue weighted by molar-refractivity contribution is -0.133. The van der Waals surface area contributed by atoms with E-state index in [9.17, 15) is 18.0 Å². The molecule has 1 saturated heterocycles. The average molecular weight is 452 g/mol. The maximum absolute atomic E-state index is 13.5. The summed E-state index contributed by atoms with van der Waals surface area (Å²) in [5, 5.41) is 3.10. The SMILES string of the molecule is CCCS(=O)(=O)N1CC(=O)N(c2cccc(OC)c2)[C@](C)(C(=O)NC2CCCCC2)C1. The first-order chi connectivity index (χ1) is 14.7. The highest BCUT2D eigenvalue weighted by Gasteiger charge is 2.51. The third-order valence-electron chi connectivity index (χ3n) is 6.14. The van der Waals surface area contributed by atoms with Gasteiger partial charge in [-0.2, -0.15) is 4.31 Å². The number of piperazine rings is 1. The first-order valence-electron chi connectivity index (χ1n) is 11.0. The number of hydrogen-bond acceptors (Lipinski definition) is 5. The summed E-state index contributed by atoms with van der Waals surface area (Å²) in [4.78, 5) is 28.2. The fourth-order valence-electron chi connectivity index (χ4n) is 4.49. The van der Waals surface area contributed by atoms with Gasteiger partial charge in [-0.1, -0.05) is 32.3 Å². The molecule has 0 unspecified atom stereocenters. The monoisotopic (exact) mass is 451 g/mol. The molecule has 1 aromatic rings. The summed E-state index contributed by atoms with van der Waals surface area (Å²) >= 11 is 0. The number of methoxy groups -OCH3 is 1. The van der Waals surface area contributed by atoms with Crippen molar-refractivity contribution in [1.29, 1.82) is 0 Å². The molecule has 1 aliphatic carbocycles. The molecule has 1 N–H and O–H groups in total. The Morgan fingerprint density at radius 1 is 1.26 bits per heavy atom. The lowest BCUT2D eigenvalue weighted by Crippen LogP contribution is -2.71. The minimum Gasteiger partial charge on any atom is -0.497 e. The summed E-state index contributed by atoms with van der Waals surface area (Å²) < 4.78 is 32.0. The van der Waals surface area contributed by atoms with Crippen LogP contribution in [0.3, 0.4) is 0 Å². The van der Waals surface area contributed by atoms with E-state index in [2.05, 4.69) is 5.32 Å². The Balaban J connectivity index is 1.98. The predicted octanol–water partition coefficient (Wildman–Crippen LogP) is 2.29. The highest BCUT2D eigenvalue weighted by molar-refractivity contribution is 7.89. The number of hydrogen-bond donors (Lipinski definition) is 1. The van der Waals surface area contributed by atoms with Gasteiger partial charge < -0.3 is 10.1 Å². The second kappa shape index (κ2) is 9.56. The Morgan fingerprint density at radius 3 is 2.61 bits per heavy atom. The highest BCUT2D eigenvalue weighted by atomic mass is 32.2. The van der Waals surface area contributed by atoms with Gasteiger partial charge in [-0.05, 0) is 38.3 Å². The van der Waals surface area contributed by atoms with Crippen LogP contribution in [0.5, 0.6) is 5.75 Å². The van der Waals surface area contributed by atoms with Crippen molar-refractivity contribution >= 4 is 27.5 Å². The number of carbonyl (C=O) groups excluding carboxylic acids is 2.